The Kier molecular flexibility index (Phi) is 7.03. The minimum absolute atomic E-state index is 0.0550. The van der Waals surface area contributed by atoms with Crippen molar-refractivity contribution in [2.24, 2.45) is 5.14 Å². The number of halogens is 3. The van der Waals surface area contributed by atoms with Gasteiger partial charge in [0.05, 0.1) is 31.2 Å². The van der Waals surface area contributed by atoms with Crippen molar-refractivity contribution in [3.63, 3.8) is 0 Å². The highest BCUT2D eigenvalue weighted by atomic mass is 35.5. The lowest BCUT2D eigenvalue weighted by Crippen LogP contribution is -2.21. The Labute approximate surface area is 178 Å². The first kappa shape index (κ1) is 22.8. The molecule has 0 bridgehead atoms. The van der Waals surface area contributed by atoms with E-state index in [0.29, 0.717) is 0 Å². The quantitative estimate of drug-likeness (QED) is 0.363. The molecular formula is C15H10Cl3N3O7S. The van der Waals surface area contributed by atoms with E-state index in [1.807, 2.05) is 0 Å². The number of nitrogens with one attached hydrogen (secondary N) is 1. The number of non-ortho nitro benzene ring substituents is 1. The van der Waals surface area contributed by atoms with E-state index in [1.165, 1.54) is 6.07 Å². The highest BCUT2D eigenvalue weighted by Crippen LogP contribution is 2.29. The molecule has 154 valence electrons. The maximum Gasteiger partial charge on any atom is 0.340 e. The van der Waals surface area contributed by atoms with Crippen LogP contribution in [0.5, 0.6) is 0 Å². The summed E-state index contributed by atoms with van der Waals surface area (Å²) in [5, 5.41) is 17.4. The van der Waals surface area contributed by atoms with E-state index in [2.05, 4.69) is 5.32 Å². The fourth-order valence-electron chi connectivity index (χ4n) is 2.02. The van der Waals surface area contributed by atoms with Crippen LogP contribution in [0.1, 0.15) is 10.4 Å². The first-order chi connectivity index (χ1) is 13.4. The number of hydrogen-bond acceptors (Lipinski definition) is 7. The summed E-state index contributed by atoms with van der Waals surface area (Å²) in [5.74, 6) is -1.92. The number of amides is 1. The van der Waals surface area contributed by atoms with Gasteiger partial charge in [-0.3, -0.25) is 14.9 Å². The van der Waals surface area contributed by atoms with Gasteiger partial charge in [0.15, 0.2) is 6.61 Å². The highest BCUT2D eigenvalue weighted by molar-refractivity contribution is 7.89. The lowest BCUT2D eigenvalue weighted by atomic mass is 10.2. The Morgan fingerprint density at radius 2 is 1.76 bits per heavy atom. The van der Waals surface area contributed by atoms with Gasteiger partial charge in [-0.05, 0) is 18.2 Å². The maximum absolute atomic E-state index is 12.1. The van der Waals surface area contributed by atoms with Gasteiger partial charge >= 0.3 is 5.97 Å². The number of sulfonamides is 1. The number of carbonyl (C=O) groups excluding carboxylic acids is 2. The molecule has 0 spiro atoms. The summed E-state index contributed by atoms with van der Waals surface area (Å²) in [7, 11) is -4.23. The summed E-state index contributed by atoms with van der Waals surface area (Å²) in [6.45, 7) is -0.782. The molecule has 0 aliphatic heterocycles. The number of rotatable bonds is 6. The second-order valence-corrected chi connectivity index (χ2v) is 8.10. The lowest BCUT2D eigenvalue weighted by molar-refractivity contribution is -0.384. The van der Waals surface area contributed by atoms with Crippen molar-refractivity contribution >= 4 is 68.1 Å². The molecule has 0 heterocycles. The van der Waals surface area contributed by atoms with Gasteiger partial charge in [0.2, 0.25) is 10.0 Å². The van der Waals surface area contributed by atoms with Crippen LogP contribution in [0.2, 0.25) is 15.1 Å². The van der Waals surface area contributed by atoms with Crippen molar-refractivity contribution < 1.29 is 27.7 Å². The third kappa shape index (κ3) is 5.78. The molecule has 0 saturated carbocycles. The molecule has 2 aromatic carbocycles. The van der Waals surface area contributed by atoms with Gasteiger partial charge in [0, 0.05) is 12.1 Å². The van der Waals surface area contributed by atoms with Crippen LogP contribution in [0.4, 0.5) is 11.4 Å². The molecule has 1 amide bonds. The summed E-state index contributed by atoms with van der Waals surface area (Å²) in [5.41, 5.74) is -0.594. The average molecular weight is 483 g/mol. The zero-order chi connectivity index (χ0) is 21.9. The molecule has 0 atom stereocenters. The van der Waals surface area contributed by atoms with Gasteiger partial charge in [-0.1, -0.05) is 34.8 Å². The Hall–Kier alpha value is -2.44. The summed E-state index contributed by atoms with van der Waals surface area (Å²) in [6.07, 6.45) is 0. The zero-order valence-corrected chi connectivity index (χ0v) is 17.1. The van der Waals surface area contributed by atoms with E-state index in [0.717, 1.165) is 24.3 Å². The van der Waals surface area contributed by atoms with E-state index in [1.54, 1.807) is 0 Å². The van der Waals surface area contributed by atoms with Crippen LogP contribution < -0.4 is 10.5 Å². The molecule has 0 aliphatic carbocycles. The molecule has 0 fully saturated rings. The average Bonchev–Trinajstić information content (AvgIpc) is 2.60. The predicted octanol–water partition coefficient (Wildman–Crippen LogP) is 3.00. The second kappa shape index (κ2) is 8.93. The van der Waals surface area contributed by atoms with Crippen LogP contribution in [-0.4, -0.2) is 31.8 Å². The number of nitro benzene ring substituents is 1. The number of benzene rings is 2. The fourth-order valence-corrected chi connectivity index (χ4v) is 3.64. The topological polar surface area (TPSA) is 159 Å². The summed E-state index contributed by atoms with van der Waals surface area (Å²) < 4.78 is 27.8. The Morgan fingerprint density at radius 3 is 2.31 bits per heavy atom. The van der Waals surface area contributed by atoms with E-state index in [4.69, 9.17) is 44.7 Å². The van der Waals surface area contributed by atoms with Gasteiger partial charge in [-0.15, -0.1) is 0 Å². The number of carbonyl (C=O) groups is 2. The monoisotopic (exact) mass is 481 g/mol. The number of esters is 1. The standard InChI is InChI=1S/C15H10Cl3N3O7S/c16-9-5-11(18)13(29(19,26)27)4-8(9)15(23)28-6-14(22)20-12-2-1-7(21(24)25)3-10(12)17/h1-5H,6H2,(H,20,22)(H2,19,26,27). The fraction of sp³-hybridized carbons (Fsp3) is 0.0667. The third-order valence-electron chi connectivity index (χ3n) is 3.32. The minimum Gasteiger partial charge on any atom is -0.452 e. The van der Waals surface area contributed by atoms with Crippen molar-refractivity contribution in [3.05, 3.63) is 61.1 Å². The number of primary sulfonamides is 1. The van der Waals surface area contributed by atoms with E-state index in [-0.39, 0.29) is 32.0 Å². The lowest BCUT2D eigenvalue weighted by Gasteiger charge is -2.10. The number of hydrogen-bond donors (Lipinski definition) is 2. The van der Waals surface area contributed by atoms with Crippen molar-refractivity contribution in [3.8, 4) is 0 Å². The van der Waals surface area contributed by atoms with Crippen molar-refractivity contribution in [2.45, 2.75) is 4.90 Å². The SMILES string of the molecule is NS(=O)(=O)c1cc(C(=O)OCC(=O)Nc2ccc([N+](=O)[O-])cc2Cl)c(Cl)cc1Cl. The molecule has 14 heteroatoms. The Balaban J connectivity index is 2.10. The van der Waals surface area contributed by atoms with Gasteiger partial charge < -0.3 is 10.1 Å². The Morgan fingerprint density at radius 1 is 1.10 bits per heavy atom. The third-order valence-corrected chi connectivity index (χ3v) is 5.32. The normalized spacial score (nSPS) is 11.0. The molecule has 0 aliphatic rings. The smallest absolute Gasteiger partial charge is 0.340 e. The minimum atomic E-state index is -4.23. The first-order valence-electron chi connectivity index (χ1n) is 7.33. The van der Waals surface area contributed by atoms with Crippen molar-refractivity contribution in [2.75, 3.05) is 11.9 Å². The summed E-state index contributed by atoms with van der Waals surface area (Å²) >= 11 is 17.4. The van der Waals surface area contributed by atoms with Crippen LogP contribution in [0.3, 0.4) is 0 Å². The maximum atomic E-state index is 12.1. The number of nitro groups is 1. The molecule has 10 nitrogen and oxygen atoms in total. The zero-order valence-electron chi connectivity index (χ0n) is 14.0. The molecule has 2 aromatic rings. The second-order valence-electron chi connectivity index (χ2n) is 5.35. The largest absolute Gasteiger partial charge is 0.452 e. The molecular weight excluding hydrogens is 473 g/mol. The number of nitrogens with zero attached hydrogens (tertiary/aromatic N) is 1. The van der Waals surface area contributed by atoms with E-state index < -0.39 is 38.3 Å². The molecule has 0 radical (unpaired) electrons. The van der Waals surface area contributed by atoms with Crippen LogP contribution in [-0.2, 0) is 19.6 Å². The van der Waals surface area contributed by atoms with Crippen LogP contribution in [0.25, 0.3) is 0 Å². The van der Waals surface area contributed by atoms with Crippen LogP contribution in [0, 0.1) is 10.1 Å². The summed E-state index contributed by atoms with van der Waals surface area (Å²) in [6, 6.07) is 5.18. The molecule has 2 rings (SSSR count). The molecule has 0 aromatic heterocycles. The Bertz CT molecular complexity index is 1120. The van der Waals surface area contributed by atoms with Crippen molar-refractivity contribution in [1.82, 2.24) is 0 Å². The molecule has 29 heavy (non-hydrogen) atoms. The van der Waals surface area contributed by atoms with Crippen LogP contribution >= 0.6 is 34.8 Å². The molecule has 3 N–H and O–H groups in total. The van der Waals surface area contributed by atoms with Crippen LogP contribution in [0.15, 0.2) is 35.2 Å². The molecule has 0 unspecified atom stereocenters. The number of anilines is 1. The first-order valence-corrected chi connectivity index (χ1v) is 10.0. The van der Waals surface area contributed by atoms with E-state index >= 15 is 0 Å². The van der Waals surface area contributed by atoms with E-state index in [9.17, 15) is 28.1 Å². The number of nitrogens with two attached hydrogens (primary N) is 1. The van der Waals surface area contributed by atoms with Gasteiger partial charge in [-0.2, -0.15) is 0 Å². The predicted molar refractivity (Wildman–Crippen MR) is 105 cm³/mol. The van der Waals surface area contributed by atoms with Gasteiger partial charge in [-0.25, -0.2) is 18.4 Å². The summed E-state index contributed by atoms with van der Waals surface area (Å²) in [4.78, 5) is 33.5. The number of ether oxygens (including phenoxy) is 1. The van der Waals surface area contributed by atoms with Crippen molar-refractivity contribution in [1.29, 1.82) is 0 Å². The molecule has 0 saturated heterocycles. The highest BCUT2D eigenvalue weighted by Gasteiger charge is 2.21. The van der Waals surface area contributed by atoms with Gasteiger partial charge in [0.25, 0.3) is 11.6 Å². The van der Waals surface area contributed by atoms with Gasteiger partial charge in [0.1, 0.15) is 4.90 Å².